The number of carbonyl (C=O) groups excluding carboxylic acids is 1. The standard InChI is InChI=1S/C14H19N3O3/c18-14(11-3-7-19-10-11)17-6-1-2-12(9-17)20-13-8-15-4-5-16-13/h4-5,8,11-12H,1-3,6-7,9-10H2. The fourth-order valence-corrected chi connectivity index (χ4v) is 2.74. The van der Waals surface area contributed by atoms with Crippen LogP contribution >= 0.6 is 0 Å². The van der Waals surface area contributed by atoms with Gasteiger partial charge in [-0.25, -0.2) is 4.98 Å². The summed E-state index contributed by atoms with van der Waals surface area (Å²) in [6, 6.07) is 0. The molecule has 1 amide bonds. The molecule has 0 aliphatic carbocycles. The van der Waals surface area contributed by atoms with Gasteiger partial charge in [-0.15, -0.1) is 0 Å². The third-order valence-electron chi connectivity index (χ3n) is 3.80. The summed E-state index contributed by atoms with van der Waals surface area (Å²) in [6.07, 6.45) is 7.58. The zero-order chi connectivity index (χ0) is 13.8. The van der Waals surface area contributed by atoms with Gasteiger partial charge in [0, 0.05) is 25.5 Å². The number of hydrogen-bond acceptors (Lipinski definition) is 5. The summed E-state index contributed by atoms with van der Waals surface area (Å²) < 4.78 is 11.1. The van der Waals surface area contributed by atoms with E-state index in [2.05, 4.69) is 9.97 Å². The Hall–Kier alpha value is -1.69. The number of aromatic nitrogens is 2. The summed E-state index contributed by atoms with van der Waals surface area (Å²) in [6.45, 7) is 2.70. The molecule has 2 atom stereocenters. The van der Waals surface area contributed by atoms with Crippen molar-refractivity contribution in [2.45, 2.75) is 25.4 Å². The Labute approximate surface area is 118 Å². The van der Waals surface area contributed by atoms with Gasteiger partial charge in [0.25, 0.3) is 0 Å². The van der Waals surface area contributed by atoms with Crippen LogP contribution in [0.1, 0.15) is 19.3 Å². The third-order valence-corrected chi connectivity index (χ3v) is 3.80. The Morgan fingerprint density at radius 1 is 1.40 bits per heavy atom. The highest BCUT2D eigenvalue weighted by Crippen LogP contribution is 2.21. The average Bonchev–Trinajstić information content (AvgIpc) is 3.02. The smallest absolute Gasteiger partial charge is 0.232 e. The van der Waals surface area contributed by atoms with Gasteiger partial charge in [0.2, 0.25) is 11.8 Å². The summed E-state index contributed by atoms with van der Waals surface area (Å²) in [7, 11) is 0. The predicted molar refractivity (Wildman–Crippen MR) is 71.2 cm³/mol. The van der Waals surface area contributed by atoms with Crippen LogP contribution in [0.25, 0.3) is 0 Å². The molecule has 0 spiro atoms. The van der Waals surface area contributed by atoms with Gasteiger partial charge in [0.1, 0.15) is 6.10 Å². The van der Waals surface area contributed by atoms with Crippen LogP contribution in [0.15, 0.2) is 18.6 Å². The number of likely N-dealkylation sites (tertiary alicyclic amines) is 1. The molecular weight excluding hydrogens is 258 g/mol. The maximum Gasteiger partial charge on any atom is 0.232 e. The van der Waals surface area contributed by atoms with Crippen LogP contribution in [-0.4, -0.2) is 53.2 Å². The normalized spacial score (nSPS) is 26.5. The van der Waals surface area contributed by atoms with E-state index in [1.54, 1.807) is 18.6 Å². The van der Waals surface area contributed by atoms with Crippen molar-refractivity contribution in [1.82, 2.24) is 14.9 Å². The van der Waals surface area contributed by atoms with Gasteiger partial charge >= 0.3 is 0 Å². The Morgan fingerprint density at radius 2 is 2.35 bits per heavy atom. The second-order valence-electron chi connectivity index (χ2n) is 5.27. The van der Waals surface area contributed by atoms with E-state index < -0.39 is 0 Å². The molecule has 1 aromatic heterocycles. The van der Waals surface area contributed by atoms with Gasteiger partial charge < -0.3 is 14.4 Å². The molecule has 0 bridgehead atoms. The van der Waals surface area contributed by atoms with Crippen molar-refractivity contribution < 1.29 is 14.3 Å². The Bertz CT molecular complexity index is 448. The van der Waals surface area contributed by atoms with Gasteiger partial charge in [-0.2, -0.15) is 0 Å². The minimum Gasteiger partial charge on any atom is -0.471 e. The predicted octanol–water partition coefficient (Wildman–Crippen LogP) is 0.883. The fraction of sp³-hybridized carbons (Fsp3) is 0.643. The van der Waals surface area contributed by atoms with Crippen LogP contribution in [-0.2, 0) is 9.53 Å². The zero-order valence-electron chi connectivity index (χ0n) is 11.4. The van der Waals surface area contributed by atoms with Gasteiger partial charge in [-0.3, -0.25) is 9.78 Å². The van der Waals surface area contributed by atoms with Crippen molar-refractivity contribution >= 4 is 5.91 Å². The van der Waals surface area contributed by atoms with Crippen LogP contribution in [0.2, 0.25) is 0 Å². The van der Waals surface area contributed by atoms with Crippen molar-refractivity contribution in [2.75, 3.05) is 26.3 Å². The topological polar surface area (TPSA) is 64.5 Å². The van der Waals surface area contributed by atoms with Crippen molar-refractivity contribution in [2.24, 2.45) is 5.92 Å². The second kappa shape index (κ2) is 6.17. The van der Waals surface area contributed by atoms with E-state index in [1.807, 2.05) is 4.90 Å². The number of nitrogens with zero attached hydrogens (tertiary/aromatic N) is 3. The lowest BCUT2D eigenvalue weighted by atomic mass is 10.0. The molecule has 2 fully saturated rings. The molecule has 6 heteroatoms. The fourth-order valence-electron chi connectivity index (χ4n) is 2.74. The molecular formula is C14H19N3O3. The van der Waals surface area contributed by atoms with Crippen LogP contribution in [0.4, 0.5) is 0 Å². The van der Waals surface area contributed by atoms with Crippen molar-refractivity contribution in [1.29, 1.82) is 0 Å². The first-order valence-corrected chi connectivity index (χ1v) is 7.12. The quantitative estimate of drug-likeness (QED) is 0.820. The minimum absolute atomic E-state index is 0.00622. The SMILES string of the molecule is O=C(C1CCOC1)N1CCCC(Oc2cnccn2)C1. The lowest BCUT2D eigenvalue weighted by molar-refractivity contribution is -0.138. The number of ether oxygens (including phenoxy) is 2. The maximum absolute atomic E-state index is 12.4. The summed E-state index contributed by atoms with van der Waals surface area (Å²) in [5, 5.41) is 0. The number of rotatable bonds is 3. The van der Waals surface area contributed by atoms with Gasteiger partial charge in [0.15, 0.2) is 0 Å². The monoisotopic (exact) mass is 277 g/mol. The molecule has 0 N–H and O–H groups in total. The molecule has 2 saturated heterocycles. The van der Waals surface area contributed by atoms with Crippen LogP contribution in [0.5, 0.6) is 5.88 Å². The van der Waals surface area contributed by atoms with E-state index in [0.717, 1.165) is 25.8 Å². The van der Waals surface area contributed by atoms with Crippen LogP contribution < -0.4 is 4.74 Å². The molecule has 20 heavy (non-hydrogen) atoms. The molecule has 3 rings (SSSR count). The molecule has 2 aliphatic rings. The number of piperidine rings is 1. The van der Waals surface area contributed by atoms with Crippen molar-refractivity contribution in [3.63, 3.8) is 0 Å². The lowest BCUT2D eigenvalue weighted by Crippen LogP contribution is -2.46. The average molecular weight is 277 g/mol. The Kier molecular flexibility index (Phi) is 4.11. The highest BCUT2D eigenvalue weighted by atomic mass is 16.5. The number of amides is 1. The molecule has 0 saturated carbocycles. The number of carbonyl (C=O) groups is 1. The first-order chi connectivity index (χ1) is 9.83. The maximum atomic E-state index is 12.4. The van der Waals surface area contributed by atoms with Crippen molar-refractivity contribution in [3.8, 4) is 5.88 Å². The minimum atomic E-state index is 0.00622. The van der Waals surface area contributed by atoms with E-state index in [4.69, 9.17) is 9.47 Å². The summed E-state index contributed by atoms with van der Waals surface area (Å²) in [5.41, 5.74) is 0. The first-order valence-electron chi connectivity index (χ1n) is 7.12. The van der Waals surface area contributed by atoms with Crippen LogP contribution in [0, 0.1) is 5.92 Å². The highest BCUT2D eigenvalue weighted by Gasteiger charge is 2.31. The van der Waals surface area contributed by atoms with E-state index in [-0.39, 0.29) is 17.9 Å². The van der Waals surface area contributed by atoms with Gasteiger partial charge in [-0.1, -0.05) is 0 Å². The summed E-state index contributed by atoms with van der Waals surface area (Å²) in [4.78, 5) is 22.4. The largest absolute Gasteiger partial charge is 0.471 e. The Morgan fingerprint density at radius 3 is 3.10 bits per heavy atom. The molecule has 3 heterocycles. The summed E-state index contributed by atoms with van der Waals surface area (Å²) >= 11 is 0. The molecule has 2 unspecified atom stereocenters. The highest BCUT2D eigenvalue weighted by molar-refractivity contribution is 5.79. The molecule has 2 aliphatic heterocycles. The van der Waals surface area contributed by atoms with E-state index in [9.17, 15) is 4.79 Å². The van der Waals surface area contributed by atoms with E-state index >= 15 is 0 Å². The summed E-state index contributed by atoms with van der Waals surface area (Å²) in [5.74, 6) is 0.760. The lowest BCUT2D eigenvalue weighted by Gasteiger charge is -2.33. The first kappa shape index (κ1) is 13.3. The van der Waals surface area contributed by atoms with Crippen molar-refractivity contribution in [3.05, 3.63) is 18.6 Å². The van der Waals surface area contributed by atoms with Gasteiger partial charge in [-0.05, 0) is 19.3 Å². The molecule has 0 aromatic carbocycles. The number of hydrogen-bond donors (Lipinski definition) is 0. The molecule has 1 aromatic rings. The van der Waals surface area contributed by atoms with E-state index in [0.29, 0.717) is 25.6 Å². The Balaban J connectivity index is 1.57. The molecule has 6 nitrogen and oxygen atoms in total. The zero-order valence-corrected chi connectivity index (χ0v) is 11.4. The van der Waals surface area contributed by atoms with Gasteiger partial charge in [0.05, 0.1) is 25.3 Å². The second-order valence-corrected chi connectivity index (χ2v) is 5.27. The molecule has 0 radical (unpaired) electrons. The molecule has 108 valence electrons. The third kappa shape index (κ3) is 3.07. The van der Waals surface area contributed by atoms with Crippen LogP contribution in [0.3, 0.4) is 0 Å². The van der Waals surface area contributed by atoms with E-state index in [1.165, 1.54) is 0 Å².